The summed E-state index contributed by atoms with van der Waals surface area (Å²) in [6.45, 7) is 0. The lowest BCUT2D eigenvalue weighted by Gasteiger charge is -1.61. The molecule has 7 heavy (non-hydrogen) atoms. The Labute approximate surface area is 42.2 Å². The van der Waals surface area contributed by atoms with Gasteiger partial charge in [0.1, 0.15) is 0 Å². The van der Waals surface area contributed by atoms with Gasteiger partial charge in [0.05, 0.1) is 5.38 Å². The van der Waals surface area contributed by atoms with Gasteiger partial charge in [-0.2, -0.15) is 4.39 Å². The highest BCUT2D eigenvalue weighted by atomic mass is 32.1. The molecule has 0 aliphatic rings. The van der Waals surface area contributed by atoms with Crippen molar-refractivity contribution in [3.63, 3.8) is 0 Å². The van der Waals surface area contributed by atoms with Gasteiger partial charge in [0, 0.05) is 0 Å². The van der Waals surface area contributed by atoms with Crippen molar-refractivity contribution in [3.8, 4) is 0 Å². The van der Waals surface area contributed by atoms with Crippen molar-refractivity contribution in [2.24, 2.45) is 0 Å². The van der Waals surface area contributed by atoms with Crippen LogP contribution in [0.2, 0.25) is 0 Å². The van der Waals surface area contributed by atoms with E-state index in [1.165, 1.54) is 0 Å². The molecule has 0 aromatic carbocycles. The molecule has 0 fully saturated rings. The summed E-state index contributed by atoms with van der Waals surface area (Å²) in [5.74, 6) is 0. The maximum absolute atomic E-state index is 11.6. The van der Waals surface area contributed by atoms with E-state index < -0.39 is 11.0 Å². The first-order chi connectivity index (χ1) is 3.29. The van der Waals surface area contributed by atoms with Crippen LogP contribution in [0, 0.1) is 6.01 Å². The molecule has 4 heteroatoms. The lowest BCUT2D eigenvalue weighted by Crippen LogP contribution is -1.80. The first-order valence-corrected chi connectivity index (χ1v) is 2.41. The summed E-state index contributed by atoms with van der Waals surface area (Å²) in [4.78, 5) is 9.30. The first-order valence-electron chi connectivity index (χ1n) is 1.53. The minimum atomic E-state index is -0.810. The topological polar surface area (TPSA) is 30.2 Å². The van der Waals surface area contributed by atoms with E-state index in [1.807, 2.05) is 0 Å². The van der Waals surface area contributed by atoms with Crippen LogP contribution in [0.4, 0.5) is 4.39 Å². The van der Waals surface area contributed by atoms with Crippen molar-refractivity contribution < 1.29 is 8.81 Å². The highest BCUT2D eigenvalue weighted by molar-refractivity contribution is 7.06. The lowest BCUT2D eigenvalue weighted by atomic mass is 11.0. The van der Waals surface area contributed by atoms with Crippen molar-refractivity contribution in [1.82, 2.24) is 0 Å². The van der Waals surface area contributed by atoms with Crippen LogP contribution in [-0.2, 0) is 0 Å². The molecule has 1 aromatic heterocycles. The molecule has 1 aromatic rings. The second-order valence-corrected chi connectivity index (χ2v) is 1.70. The molecule has 0 atom stereocenters. The SMILES string of the molecule is O=c1oc(F)cs1. The van der Waals surface area contributed by atoms with Gasteiger partial charge in [-0.15, -0.1) is 0 Å². The molecule has 1 rings (SSSR count). The van der Waals surface area contributed by atoms with Gasteiger partial charge in [-0.3, -0.25) is 0 Å². The van der Waals surface area contributed by atoms with Gasteiger partial charge in [0.25, 0.3) is 6.01 Å². The van der Waals surface area contributed by atoms with Gasteiger partial charge in [0.15, 0.2) is 0 Å². The van der Waals surface area contributed by atoms with Crippen LogP contribution in [0.5, 0.6) is 0 Å². The monoisotopic (exact) mass is 120 g/mol. The molecule has 0 aliphatic carbocycles. The van der Waals surface area contributed by atoms with Crippen LogP contribution in [0.25, 0.3) is 0 Å². The van der Waals surface area contributed by atoms with Gasteiger partial charge < -0.3 is 4.42 Å². The quantitative estimate of drug-likeness (QED) is 0.507. The highest BCUT2D eigenvalue weighted by Crippen LogP contribution is 1.93. The van der Waals surface area contributed by atoms with E-state index in [4.69, 9.17) is 0 Å². The smallest absolute Gasteiger partial charge is 0.387 e. The predicted molar refractivity (Wildman–Crippen MR) is 22.8 cm³/mol. The average molecular weight is 120 g/mol. The maximum Gasteiger partial charge on any atom is 0.397 e. The van der Waals surface area contributed by atoms with Crippen LogP contribution in [0.3, 0.4) is 0 Å². The molecule has 38 valence electrons. The Balaban J connectivity index is 3.30. The van der Waals surface area contributed by atoms with Gasteiger partial charge >= 0.3 is 4.94 Å². The predicted octanol–water partition coefficient (Wildman–Crippen LogP) is 0.840. The molecular weight excluding hydrogens is 119 g/mol. The second kappa shape index (κ2) is 1.46. The van der Waals surface area contributed by atoms with Gasteiger partial charge in [-0.05, 0) is 0 Å². The largest absolute Gasteiger partial charge is 0.397 e. The molecule has 0 N–H and O–H groups in total. The molecule has 2 nitrogen and oxygen atoms in total. The minimum absolute atomic E-state index is 0.600. The third-order valence-electron chi connectivity index (χ3n) is 0.429. The van der Waals surface area contributed by atoms with Crippen LogP contribution in [0.15, 0.2) is 14.6 Å². The number of hydrogen-bond acceptors (Lipinski definition) is 3. The molecule has 0 aliphatic heterocycles. The Morgan fingerprint density at radius 3 is 2.71 bits per heavy atom. The summed E-state index contributed by atoms with van der Waals surface area (Å²) in [5.41, 5.74) is 0. The fraction of sp³-hybridized carbons (Fsp3) is 0. The van der Waals surface area contributed by atoms with E-state index >= 15 is 0 Å². The number of halogens is 1. The standard InChI is InChI=1S/C3HFO2S/c4-2-1-7-3(5)6-2/h1H. The van der Waals surface area contributed by atoms with E-state index in [9.17, 15) is 9.18 Å². The van der Waals surface area contributed by atoms with Crippen LogP contribution in [0.1, 0.15) is 0 Å². The van der Waals surface area contributed by atoms with E-state index in [0.717, 1.165) is 5.38 Å². The number of hydrogen-bond donors (Lipinski definition) is 0. The minimum Gasteiger partial charge on any atom is -0.387 e. The summed E-state index contributed by atoms with van der Waals surface area (Å²) in [6.07, 6.45) is 0. The third-order valence-corrected chi connectivity index (χ3v) is 1.01. The molecule has 0 saturated carbocycles. The van der Waals surface area contributed by atoms with Crippen molar-refractivity contribution in [2.75, 3.05) is 0 Å². The Hall–Kier alpha value is -0.640. The molecule has 0 radical (unpaired) electrons. The highest BCUT2D eigenvalue weighted by Gasteiger charge is 1.91. The van der Waals surface area contributed by atoms with Crippen LogP contribution >= 0.6 is 11.3 Å². The van der Waals surface area contributed by atoms with E-state index in [-0.39, 0.29) is 0 Å². The molecular formula is C3HFO2S. The van der Waals surface area contributed by atoms with E-state index in [1.54, 1.807) is 0 Å². The van der Waals surface area contributed by atoms with Gasteiger partial charge in [-0.25, -0.2) is 4.79 Å². The lowest BCUT2D eigenvalue weighted by molar-refractivity contribution is 0.343. The van der Waals surface area contributed by atoms with Crippen molar-refractivity contribution in [3.05, 3.63) is 21.1 Å². The maximum atomic E-state index is 11.6. The molecule has 0 spiro atoms. The third kappa shape index (κ3) is 0.866. The Bertz CT molecular complexity index is 201. The zero-order valence-corrected chi connectivity index (χ0v) is 4.00. The van der Waals surface area contributed by atoms with Crippen LogP contribution in [-0.4, -0.2) is 0 Å². The van der Waals surface area contributed by atoms with Crippen molar-refractivity contribution in [1.29, 1.82) is 0 Å². The van der Waals surface area contributed by atoms with Gasteiger partial charge in [-0.1, -0.05) is 11.3 Å². The van der Waals surface area contributed by atoms with Gasteiger partial charge in [0.2, 0.25) is 0 Å². The molecule has 0 saturated heterocycles. The fourth-order valence-electron chi connectivity index (χ4n) is 0.222. The summed E-state index contributed by atoms with van der Waals surface area (Å²) in [6, 6.07) is -0.810. The first kappa shape index (κ1) is 4.52. The summed E-state index contributed by atoms with van der Waals surface area (Å²) < 4.78 is 15.5. The Kier molecular flexibility index (Phi) is 0.941. The zero-order valence-electron chi connectivity index (χ0n) is 3.18. The molecule has 0 unspecified atom stereocenters. The van der Waals surface area contributed by atoms with E-state index in [2.05, 4.69) is 4.42 Å². The number of rotatable bonds is 0. The summed E-state index contributed by atoms with van der Waals surface area (Å²) in [7, 11) is 0. The van der Waals surface area contributed by atoms with Crippen molar-refractivity contribution >= 4 is 11.3 Å². The summed E-state index contributed by atoms with van der Waals surface area (Å²) in [5, 5.41) is 1.02. The van der Waals surface area contributed by atoms with E-state index in [0.29, 0.717) is 11.3 Å². The summed E-state index contributed by atoms with van der Waals surface area (Å²) >= 11 is 0.707. The Morgan fingerprint density at radius 1 is 1.86 bits per heavy atom. The fourth-order valence-corrected chi connectivity index (χ4v) is 0.587. The molecule has 0 bridgehead atoms. The second-order valence-electron chi connectivity index (χ2n) is 0.892. The normalized spacial score (nSPS) is 9.29. The molecule has 0 amide bonds. The van der Waals surface area contributed by atoms with Crippen molar-refractivity contribution in [2.45, 2.75) is 0 Å². The molecule has 1 heterocycles. The Morgan fingerprint density at radius 2 is 2.57 bits per heavy atom. The van der Waals surface area contributed by atoms with Crippen LogP contribution < -0.4 is 4.94 Å². The zero-order chi connectivity index (χ0) is 5.28. The average Bonchev–Trinajstić information content (AvgIpc) is 1.87.